The van der Waals surface area contributed by atoms with Crippen LogP contribution in [-0.4, -0.2) is 41.6 Å². The van der Waals surface area contributed by atoms with Crippen LogP contribution in [0, 0.1) is 0 Å². The topological polar surface area (TPSA) is 46.5 Å². The van der Waals surface area contributed by atoms with Gasteiger partial charge >= 0.3 is 29.9 Å². The molecule has 0 amide bonds. The quantitative estimate of drug-likeness (QED) is 0.495. The first-order valence-electron chi connectivity index (χ1n) is 6.80. The number of hydrogen-bond acceptors (Lipinski definition) is 2. The molecule has 0 atom stereocenters. The summed E-state index contributed by atoms with van der Waals surface area (Å²) in [5.41, 5.74) is -0.381. The summed E-state index contributed by atoms with van der Waals surface area (Å²) in [6.45, 7) is -0.812. The molecule has 0 aliphatic carbocycles. The van der Waals surface area contributed by atoms with Crippen LogP contribution in [0.1, 0.15) is 23.2 Å². The first-order chi connectivity index (χ1) is 11.6. The fourth-order valence-electron chi connectivity index (χ4n) is 1.81. The molecule has 0 fully saturated rings. The highest BCUT2D eigenvalue weighted by Crippen LogP contribution is 2.54. The van der Waals surface area contributed by atoms with Crippen LogP contribution >= 0.6 is 0 Å². The standard InChI is InChI=1S/C14H11F9O3/c15-11(16,12(17,18)13(19,20)14(21,22)23)6-3-7-26-9-5-2-1-4-8(9)10(24)25/h1-2,4-5H,3,6-7H2,(H,24,25). The maximum absolute atomic E-state index is 13.3. The van der Waals surface area contributed by atoms with E-state index in [1.165, 1.54) is 12.1 Å². The molecule has 1 rings (SSSR count). The van der Waals surface area contributed by atoms with E-state index in [0.29, 0.717) is 0 Å². The maximum atomic E-state index is 13.3. The lowest BCUT2D eigenvalue weighted by Crippen LogP contribution is -2.60. The van der Waals surface area contributed by atoms with E-state index in [2.05, 4.69) is 0 Å². The number of carboxylic acids is 1. The molecule has 0 saturated carbocycles. The zero-order chi connectivity index (χ0) is 20.4. The molecule has 0 bridgehead atoms. The van der Waals surface area contributed by atoms with E-state index in [-0.39, 0.29) is 11.3 Å². The summed E-state index contributed by atoms with van der Waals surface area (Å²) in [5, 5.41) is 8.83. The molecule has 0 aliphatic rings. The number of carboxylic acid groups (broad SMARTS) is 1. The summed E-state index contributed by atoms with van der Waals surface area (Å²) in [5.74, 6) is -21.0. The van der Waals surface area contributed by atoms with Crippen LogP contribution < -0.4 is 4.74 Å². The largest absolute Gasteiger partial charge is 0.493 e. The second-order valence-electron chi connectivity index (χ2n) is 5.10. The third-order valence-electron chi connectivity index (χ3n) is 3.22. The van der Waals surface area contributed by atoms with Crippen LogP contribution in [0.5, 0.6) is 5.75 Å². The normalized spacial score (nSPS) is 13.6. The second-order valence-corrected chi connectivity index (χ2v) is 5.10. The summed E-state index contributed by atoms with van der Waals surface area (Å²) < 4.78 is 119. The minimum Gasteiger partial charge on any atom is -0.493 e. The van der Waals surface area contributed by atoms with Gasteiger partial charge in [-0.15, -0.1) is 0 Å². The van der Waals surface area contributed by atoms with Gasteiger partial charge in [-0.1, -0.05) is 12.1 Å². The third kappa shape index (κ3) is 4.15. The van der Waals surface area contributed by atoms with Crippen molar-refractivity contribution in [2.24, 2.45) is 0 Å². The molecule has 148 valence electrons. The molecule has 0 saturated heterocycles. The van der Waals surface area contributed by atoms with Gasteiger partial charge in [0.1, 0.15) is 11.3 Å². The maximum Gasteiger partial charge on any atom is 0.460 e. The van der Waals surface area contributed by atoms with Crippen molar-refractivity contribution in [1.29, 1.82) is 0 Å². The van der Waals surface area contributed by atoms with E-state index >= 15 is 0 Å². The average molecular weight is 398 g/mol. The van der Waals surface area contributed by atoms with Crippen molar-refractivity contribution in [3.8, 4) is 5.75 Å². The van der Waals surface area contributed by atoms with Gasteiger partial charge in [0, 0.05) is 6.42 Å². The molecule has 0 unspecified atom stereocenters. The smallest absolute Gasteiger partial charge is 0.460 e. The van der Waals surface area contributed by atoms with Crippen LogP contribution in [0.15, 0.2) is 24.3 Å². The SMILES string of the molecule is O=C(O)c1ccccc1OCCCC(F)(F)C(F)(F)C(F)(F)C(F)(F)F. The van der Waals surface area contributed by atoms with Gasteiger partial charge < -0.3 is 9.84 Å². The lowest BCUT2D eigenvalue weighted by Gasteiger charge is -2.33. The number of halogens is 9. The first kappa shape index (κ1) is 21.9. The Hall–Kier alpha value is -2.14. The zero-order valence-corrected chi connectivity index (χ0v) is 12.6. The number of benzene rings is 1. The Morgan fingerprint density at radius 2 is 1.46 bits per heavy atom. The lowest BCUT2D eigenvalue weighted by molar-refractivity contribution is -0.396. The first-order valence-corrected chi connectivity index (χ1v) is 6.80. The number of aromatic carboxylic acids is 1. The van der Waals surface area contributed by atoms with E-state index in [9.17, 15) is 44.3 Å². The molecular formula is C14H11F9O3. The van der Waals surface area contributed by atoms with E-state index in [1.807, 2.05) is 0 Å². The lowest BCUT2D eigenvalue weighted by atomic mass is 10.00. The van der Waals surface area contributed by atoms with E-state index in [1.54, 1.807) is 0 Å². The minimum atomic E-state index is -6.93. The van der Waals surface area contributed by atoms with Crippen molar-refractivity contribution in [2.75, 3.05) is 6.61 Å². The van der Waals surface area contributed by atoms with Gasteiger partial charge in [-0.2, -0.15) is 39.5 Å². The summed E-state index contributed by atoms with van der Waals surface area (Å²) in [6.07, 6.45) is -9.94. The molecule has 0 aromatic heterocycles. The fourth-order valence-corrected chi connectivity index (χ4v) is 1.81. The number of carbonyl (C=O) groups is 1. The summed E-state index contributed by atoms with van der Waals surface area (Å²) in [6, 6.07) is 4.83. The number of rotatable bonds is 8. The molecule has 12 heteroatoms. The van der Waals surface area contributed by atoms with Gasteiger partial charge in [-0.3, -0.25) is 0 Å². The predicted molar refractivity (Wildman–Crippen MR) is 69.0 cm³/mol. The van der Waals surface area contributed by atoms with Crippen LogP contribution in [0.2, 0.25) is 0 Å². The van der Waals surface area contributed by atoms with Crippen LogP contribution in [0.25, 0.3) is 0 Å². The molecular weight excluding hydrogens is 387 g/mol. The summed E-state index contributed by atoms with van der Waals surface area (Å²) >= 11 is 0. The third-order valence-corrected chi connectivity index (χ3v) is 3.22. The van der Waals surface area contributed by atoms with Gasteiger partial charge in [-0.25, -0.2) is 4.79 Å². The van der Waals surface area contributed by atoms with Crippen LogP contribution in [-0.2, 0) is 0 Å². The molecule has 0 radical (unpaired) electrons. The molecule has 1 aromatic rings. The molecule has 3 nitrogen and oxygen atoms in total. The van der Waals surface area contributed by atoms with Crippen molar-refractivity contribution in [3.05, 3.63) is 29.8 Å². The monoisotopic (exact) mass is 398 g/mol. The van der Waals surface area contributed by atoms with E-state index in [0.717, 1.165) is 12.1 Å². The van der Waals surface area contributed by atoms with Gasteiger partial charge in [-0.05, 0) is 18.6 Å². The number of para-hydroxylation sites is 1. The molecule has 0 heterocycles. The highest BCUT2D eigenvalue weighted by molar-refractivity contribution is 5.90. The van der Waals surface area contributed by atoms with Crippen molar-refractivity contribution in [1.82, 2.24) is 0 Å². The molecule has 26 heavy (non-hydrogen) atoms. The highest BCUT2D eigenvalue weighted by atomic mass is 19.4. The Labute approximate surface area is 140 Å². The average Bonchev–Trinajstić information content (AvgIpc) is 2.50. The van der Waals surface area contributed by atoms with Crippen molar-refractivity contribution in [3.63, 3.8) is 0 Å². The van der Waals surface area contributed by atoms with Crippen LogP contribution in [0.3, 0.4) is 0 Å². The number of ether oxygens (including phenoxy) is 1. The Morgan fingerprint density at radius 1 is 0.923 bits per heavy atom. The Bertz CT molecular complexity index is 641. The van der Waals surface area contributed by atoms with Crippen LogP contribution in [0.4, 0.5) is 39.5 Å². The molecule has 0 aliphatic heterocycles. The predicted octanol–water partition coefficient (Wildman–Crippen LogP) is 5.01. The Morgan fingerprint density at radius 3 is 1.96 bits per heavy atom. The molecule has 1 N–H and O–H groups in total. The molecule has 0 spiro atoms. The number of alkyl halides is 9. The van der Waals surface area contributed by atoms with Crippen molar-refractivity contribution < 1.29 is 54.2 Å². The summed E-state index contributed by atoms with van der Waals surface area (Å²) in [4.78, 5) is 10.9. The fraction of sp³-hybridized carbons (Fsp3) is 0.500. The van der Waals surface area contributed by atoms with Gasteiger partial charge in [0.25, 0.3) is 0 Å². The van der Waals surface area contributed by atoms with Gasteiger partial charge in [0.2, 0.25) is 0 Å². The van der Waals surface area contributed by atoms with Gasteiger partial charge in [0.15, 0.2) is 0 Å². The Kier molecular flexibility index (Phi) is 6.09. The van der Waals surface area contributed by atoms with Gasteiger partial charge in [0.05, 0.1) is 6.61 Å². The summed E-state index contributed by atoms with van der Waals surface area (Å²) in [7, 11) is 0. The molecule has 1 aromatic carbocycles. The van der Waals surface area contributed by atoms with Crippen molar-refractivity contribution in [2.45, 2.75) is 36.8 Å². The number of hydrogen-bond donors (Lipinski definition) is 1. The van der Waals surface area contributed by atoms with E-state index < -0.39 is 49.4 Å². The van der Waals surface area contributed by atoms with Crippen molar-refractivity contribution >= 4 is 5.97 Å². The highest BCUT2D eigenvalue weighted by Gasteiger charge is 2.81. The Balaban J connectivity index is 2.76. The minimum absolute atomic E-state index is 0.310. The zero-order valence-electron chi connectivity index (χ0n) is 12.6. The second kappa shape index (κ2) is 7.23. The van der Waals surface area contributed by atoms with E-state index in [4.69, 9.17) is 9.84 Å².